The van der Waals surface area contributed by atoms with Gasteiger partial charge in [0.05, 0.1) is 0 Å². The fourth-order valence-corrected chi connectivity index (χ4v) is 1.59. The second-order valence-corrected chi connectivity index (χ2v) is 5.38. The van der Waals surface area contributed by atoms with Crippen LogP contribution in [-0.4, -0.2) is 11.3 Å². The van der Waals surface area contributed by atoms with E-state index in [1.165, 1.54) is 6.07 Å². The van der Waals surface area contributed by atoms with E-state index in [0.29, 0.717) is 23.4 Å². The third-order valence-corrected chi connectivity index (χ3v) is 2.69. The smallest absolute Gasteiger partial charge is 0.137 e. The van der Waals surface area contributed by atoms with Crippen molar-refractivity contribution in [2.45, 2.75) is 38.6 Å². The Morgan fingerprint density at radius 2 is 2.12 bits per heavy atom. The molecule has 0 saturated carbocycles. The first-order valence-corrected chi connectivity index (χ1v) is 5.90. The zero-order valence-electron chi connectivity index (χ0n) is 10.1. The minimum atomic E-state index is -0.433. The number of carbonyl (C=O) groups excluding carboxylic acids is 1. The lowest BCUT2D eigenvalue weighted by Gasteiger charge is -2.17. The van der Waals surface area contributed by atoms with Crippen molar-refractivity contribution in [1.29, 1.82) is 0 Å². The molecule has 0 unspecified atom stereocenters. The number of rotatable bonds is 5. The summed E-state index contributed by atoms with van der Waals surface area (Å²) in [6.07, 6.45) is 1.06. The van der Waals surface area contributed by atoms with Crippen LogP contribution in [0.4, 0.5) is 4.39 Å². The van der Waals surface area contributed by atoms with E-state index in [-0.39, 0.29) is 17.7 Å². The number of carbonyl (C=O) groups is 1. The van der Waals surface area contributed by atoms with Gasteiger partial charge in [-0.15, -0.1) is 0 Å². The lowest BCUT2D eigenvalue weighted by Crippen LogP contribution is -2.32. The van der Waals surface area contributed by atoms with E-state index in [4.69, 9.17) is 17.3 Å². The average Bonchev–Trinajstić information content (AvgIpc) is 2.18. The molecule has 0 aliphatic rings. The molecule has 0 aliphatic carbocycles. The second kappa shape index (κ2) is 5.61. The SMILES string of the molecule is CC(C)(N)CCC(=O)Cc1ccc(Cl)cc1F. The molecule has 0 spiro atoms. The van der Waals surface area contributed by atoms with Crippen molar-refractivity contribution in [2.24, 2.45) is 5.73 Å². The van der Waals surface area contributed by atoms with Crippen molar-refractivity contribution < 1.29 is 9.18 Å². The fourth-order valence-electron chi connectivity index (χ4n) is 1.43. The first-order chi connectivity index (χ1) is 7.78. The quantitative estimate of drug-likeness (QED) is 0.881. The Morgan fingerprint density at radius 1 is 1.47 bits per heavy atom. The zero-order chi connectivity index (χ0) is 13.1. The van der Waals surface area contributed by atoms with Gasteiger partial charge < -0.3 is 5.73 Å². The molecule has 0 fully saturated rings. The minimum Gasteiger partial charge on any atom is -0.326 e. The summed E-state index contributed by atoms with van der Waals surface area (Å²) in [6.45, 7) is 3.73. The Labute approximate surface area is 106 Å². The molecule has 0 bridgehead atoms. The number of benzene rings is 1. The van der Waals surface area contributed by atoms with Crippen LogP contribution in [-0.2, 0) is 11.2 Å². The van der Waals surface area contributed by atoms with E-state index < -0.39 is 5.82 Å². The maximum atomic E-state index is 13.4. The second-order valence-electron chi connectivity index (χ2n) is 4.94. The Kier molecular flexibility index (Phi) is 4.66. The Hall–Kier alpha value is -0.930. The Morgan fingerprint density at radius 3 is 2.65 bits per heavy atom. The van der Waals surface area contributed by atoms with Crippen molar-refractivity contribution in [3.63, 3.8) is 0 Å². The predicted molar refractivity (Wildman–Crippen MR) is 67.6 cm³/mol. The minimum absolute atomic E-state index is 0.00949. The van der Waals surface area contributed by atoms with E-state index in [1.807, 2.05) is 13.8 Å². The molecule has 4 heteroatoms. The van der Waals surface area contributed by atoms with Crippen molar-refractivity contribution in [3.05, 3.63) is 34.6 Å². The van der Waals surface area contributed by atoms with Gasteiger partial charge in [0.25, 0.3) is 0 Å². The standard InChI is InChI=1S/C13H17ClFNO/c1-13(2,16)6-5-11(17)7-9-3-4-10(14)8-12(9)15/h3-4,8H,5-7,16H2,1-2H3. The van der Waals surface area contributed by atoms with Gasteiger partial charge >= 0.3 is 0 Å². The number of nitrogens with two attached hydrogens (primary N) is 1. The summed E-state index contributed by atoms with van der Waals surface area (Å²) >= 11 is 5.63. The molecule has 0 heterocycles. The monoisotopic (exact) mass is 257 g/mol. The average molecular weight is 258 g/mol. The van der Waals surface area contributed by atoms with Gasteiger partial charge in [0.1, 0.15) is 11.6 Å². The van der Waals surface area contributed by atoms with E-state index in [9.17, 15) is 9.18 Å². The largest absolute Gasteiger partial charge is 0.326 e. The van der Waals surface area contributed by atoms with Crippen molar-refractivity contribution in [3.8, 4) is 0 Å². The summed E-state index contributed by atoms with van der Waals surface area (Å²) < 4.78 is 13.4. The summed E-state index contributed by atoms with van der Waals surface area (Å²) in [6, 6.07) is 4.35. The highest BCUT2D eigenvalue weighted by Crippen LogP contribution is 2.16. The zero-order valence-corrected chi connectivity index (χ0v) is 10.9. The predicted octanol–water partition coefficient (Wildman–Crippen LogP) is 3.11. The Bertz CT molecular complexity index is 412. The Balaban J connectivity index is 2.57. The first-order valence-electron chi connectivity index (χ1n) is 5.52. The van der Waals surface area contributed by atoms with Crippen LogP contribution in [0.1, 0.15) is 32.3 Å². The molecular formula is C13H17ClFNO. The number of halogens is 2. The van der Waals surface area contributed by atoms with Crippen molar-refractivity contribution in [2.75, 3.05) is 0 Å². The number of ketones is 1. The van der Waals surface area contributed by atoms with Crippen LogP contribution >= 0.6 is 11.6 Å². The van der Waals surface area contributed by atoms with Crippen LogP contribution in [0, 0.1) is 5.82 Å². The van der Waals surface area contributed by atoms with Gasteiger partial charge in [-0.05, 0) is 38.0 Å². The molecule has 1 rings (SSSR count). The van der Waals surface area contributed by atoms with Crippen molar-refractivity contribution in [1.82, 2.24) is 0 Å². The van der Waals surface area contributed by atoms with E-state index in [2.05, 4.69) is 0 Å². The molecule has 1 aromatic carbocycles. The van der Waals surface area contributed by atoms with Gasteiger partial charge in [-0.25, -0.2) is 4.39 Å². The lowest BCUT2D eigenvalue weighted by atomic mass is 9.96. The third-order valence-electron chi connectivity index (χ3n) is 2.45. The lowest BCUT2D eigenvalue weighted by molar-refractivity contribution is -0.118. The molecule has 17 heavy (non-hydrogen) atoms. The van der Waals surface area contributed by atoms with Gasteiger partial charge in [0.2, 0.25) is 0 Å². The molecule has 0 saturated heterocycles. The normalized spacial score (nSPS) is 11.6. The molecule has 2 N–H and O–H groups in total. The van der Waals surface area contributed by atoms with Gasteiger partial charge in [-0.3, -0.25) is 4.79 Å². The van der Waals surface area contributed by atoms with Crippen LogP contribution in [0.25, 0.3) is 0 Å². The van der Waals surface area contributed by atoms with Gasteiger partial charge in [0.15, 0.2) is 0 Å². The molecular weight excluding hydrogens is 241 g/mol. The van der Waals surface area contributed by atoms with Crippen LogP contribution in [0.3, 0.4) is 0 Å². The summed E-state index contributed by atoms with van der Waals surface area (Å²) in [5.41, 5.74) is 5.80. The van der Waals surface area contributed by atoms with Crippen LogP contribution in [0.15, 0.2) is 18.2 Å². The maximum absolute atomic E-state index is 13.4. The van der Waals surface area contributed by atoms with Gasteiger partial charge in [-0.2, -0.15) is 0 Å². The highest BCUT2D eigenvalue weighted by atomic mass is 35.5. The number of hydrogen-bond acceptors (Lipinski definition) is 2. The molecule has 1 aromatic rings. The number of hydrogen-bond donors (Lipinski definition) is 1. The fraction of sp³-hybridized carbons (Fsp3) is 0.462. The molecule has 0 amide bonds. The summed E-state index contributed by atoms with van der Waals surface area (Å²) in [7, 11) is 0. The van der Waals surface area contributed by atoms with Crippen molar-refractivity contribution >= 4 is 17.4 Å². The maximum Gasteiger partial charge on any atom is 0.137 e. The third kappa shape index (κ3) is 5.29. The van der Waals surface area contributed by atoms with Crippen LogP contribution in [0.2, 0.25) is 5.02 Å². The van der Waals surface area contributed by atoms with Crippen LogP contribution in [0.5, 0.6) is 0 Å². The molecule has 0 atom stereocenters. The highest BCUT2D eigenvalue weighted by molar-refractivity contribution is 6.30. The molecule has 0 radical (unpaired) electrons. The van der Waals surface area contributed by atoms with E-state index in [0.717, 1.165) is 0 Å². The summed E-state index contributed by atoms with van der Waals surface area (Å²) in [5.74, 6) is -0.442. The topological polar surface area (TPSA) is 43.1 Å². The summed E-state index contributed by atoms with van der Waals surface area (Å²) in [5, 5.41) is 0.335. The van der Waals surface area contributed by atoms with E-state index >= 15 is 0 Å². The van der Waals surface area contributed by atoms with E-state index in [1.54, 1.807) is 12.1 Å². The van der Waals surface area contributed by atoms with Gasteiger partial charge in [-0.1, -0.05) is 17.7 Å². The van der Waals surface area contributed by atoms with Crippen LogP contribution < -0.4 is 5.73 Å². The molecule has 0 aromatic heterocycles. The molecule has 0 aliphatic heterocycles. The summed E-state index contributed by atoms with van der Waals surface area (Å²) in [4.78, 5) is 11.6. The number of Topliss-reactive ketones (excluding diaryl/α,β-unsaturated/α-hetero) is 1. The van der Waals surface area contributed by atoms with Gasteiger partial charge in [0, 0.05) is 23.4 Å². The highest BCUT2D eigenvalue weighted by Gasteiger charge is 2.14. The first kappa shape index (κ1) is 14.1. The molecule has 2 nitrogen and oxygen atoms in total. The molecule has 94 valence electrons.